The number of ether oxygens (including phenoxy) is 1. The van der Waals surface area contributed by atoms with Crippen molar-refractivity contribution < 1.29 is 23.9 Å². The van der Waals surface area contributed by atoms with E-state index in [9.17, 15) is 19.2 Å². The molecular formula is C25H41N3O5. The predicted molar refractivity (Wildman–Crippen MR) is 124 cm³/mol. The van der Waals surface area contributed by atoms with Crippen molar-refractivity contribution in [2.75, 3.05) is 13.1 Å². The van der Waals surface area contributed by atoms with Crippen LogP contribution in [0.2, 0.25) is 0 Å². The molecule has 1 N–H and O–H groups in total. The SMILES string of the molecule is CCC1CCCCN1C(=O)C(C)OC(=O)CN1C(=O)NC2(CCC(C(C)(C)CC)CC2)C1=O. The van der Waals surface area contributed by atoms with Gasteiger partial charge in [-0.05, 0) is 69.6 Å². The third-order valence-corrected chi connectivity index (χ3v) is 8.43. The number of esters is 1. The van der Waals surface area contributed by atoms with Gasteiger partial charge in [-0.15, -0.1) is 0 Å². The molecule has 2 unspecified atom stereocenters. The predicted octanol–water partition coefficient (Wildman–Crippen LogP) is 3.63. The topological polar surface area (TPSA) is 96.0 Å². The first-order chi connectivity index (χ1) is 15.5. The van der Waals surface area contributed by atoms with E-state index in [0.717, 1.165) is 49.8 Å². The van der Waals surface area contributed by atoms with Crippen molar-refractivity contribution >= 4 is 23.8 Å². The van der Waals surface area contributed by atoms with Crippen LogP contribution >= 0.6 is 0 Å². The molecule has 2 aliphatic heterocycles. The minimum atomic E-state index is -0.939. The zero-order valence-electron chi connectivity index (χ0n) is 20.9. The molecule has 3 rings (SSSR count). The van der Waals surface area contributed by atoms with Crippen molar-refractivity contribution in [3.05, 3.63) is 0 Å². The summed E-state index contributed by atoms with van der Waals surface area (Å²) in [7, 11) is 0. The van der Waals surface area contributed by atoms with Crippen LogP contribution in [0.25, 0.3) is 0 Å². The molecular weight excluding hydrogens is 422 g/mol. The number of hydrogen-bond donors (Lipinski definition) is 1. The lowest BCUT2D eigenvalue weighted by molar-refractivity contribution is -0.162. The number of piperidine rings is 1. The molecule has 3 aliphatic rings. The Balaban J connectivity index is 1.56. The summed E-state index contributed by atoms with van der Waals surface area (Å²) in [5.41, 5.74) is -0.716. The van der Waals surface area contributed by atoms with Gasteiger partial charge in [0.05, 0.1) is 0 Å². The van der Waals surface area contributed by atoms with E-state index in [1.54, 1.807) is 11.8 Å². The number of imide groups is 1. The maximum absolute atomic E-state index is 13.2. The Morgan fingerprint density at radius 3 is 2.42 bits per heavy atom. The Kier molecular flexibility index (Phi) is 7.74. The zero-order chi connectivity index (χ0) is 24.4. The average molecular weight is 464 g/mol. The van der Waals surface area contributed by atoms with Crippen LogP contribution in [0, 0.1) is 11.3 Å². The number of urea groups is 1. The van der Waals surface area contributed by atoms with E-state index in [0.29, 0.717) is 25.3 Å². The quantitative estimate of drug-likeness (QED) is 0.459. The molecule has 2 atom stereocenters. The summed E-state index contributed by atoms with van der Waals surface area (Å²) in [6, 6.07) is -0.378. The number of hydrogen-bond acceptors (Lipinski definition) is 5. The van der Waals surface area contributed by atoms with Gasteiger partial charge in [0.15, 0.2) is 6.10 Å². The summed E-state index contributed by atoms with van der Waals surface area (Å²) in [5.74, 6) is -0.786. The monoisotopic (exact) mass is 463 g/mol. The van der Waals surface area contributed by atoms with Gasteiger partial charge in [-0.1, -0.05) is 34.1 Å². The van der Waals surface area contributed by atoms with Crippen molar-refractivity contribution in [1.82, 2.24) is 15.1 Å². The van der Waals surface area contributed by atoms with Crippen LogP contribution in [0.4, 0.5) is 4.79 Å². The fourth-order valence-electron chi connectivity index (χ4n) is 5.70. The summed E-state index contributed by atoms with van der Waals surface area (Å²) < 4.78 is 5.36. The van der Waals surface area contributed by atoms with Crippen LogP contribution < -0.4 is 5.32 Å². The molecule has 0 aromatic heterocycles. The minimum Gasteiger partial charge on any atom is -0.451 e. The summed E-state index contributed by atoms with van der Waals surface area (Å²) in [6.45, 7) is 10.5. The van der Waals surface area contributed by atoms with Crippen LogP contribution in [-0.4, -0.2) is 64.4 Å². The third kappa shape index (κ3) is 5.19. The van der Waals surface area contributed by atoms with Gasteiger partial charge in [-0.2, -0.15) is 0 Å². The maximum Gasteiger partial charge on any atom is 0.327 e. The second-order valence-corrected chi connectivity index (χ2v) is 10.7. The Bertz CT molecular complexity index is 772. The van der Waals surface area contributed by atoms with Gasteiger partial charge in [-0.3, -0.25) is 19.3 Å². The van der Waals surface area contributed by atoms with Crippen LogP contribution in [-0.2, 0) is 19.1 Å². The first-order valence-corrected chi connectivity index (χ1v) is 12.7. The molecule has 2 saturated heterocycles. The second-order valence-electron chi connectivity index (χ2n) is 10.7. The van der Waals surface area contributed by atoms with Gasteiger partial charge in [-0.25, -0.2) is 4.79 Å². The zero-order valence-corrected chi connectivity index (χ0v) is 20.9. The highest BCUT2D eigenvalue weighted by Crippen LogP contribution is 2.45. The minimum absolute atomic E-state index is 0.172. The number of nitrogens with zero attached hydrogens (tertiary/aromatic N) is 2. The summed E-state index contributed by atoms with van der Waals surface area (Å²) in [5, 5.41) is 2.86. The average Bonchev–Trinajstić information content (AvgIpc) is 3.02. The van der Waals surface area contributed by atoms with E-state index in [1.807, 2.05) is 0 Å². The molecule has 3 fully saturated rings. The molecule has 8 nitrogen and oxygen atoms in total. The summed E-state index contributed by atoms with van der Waals surface area (Å²) >= 11 is 0. The van der Waals surface area contributed by atoms with Gasteiger partial charge in [0, 0.05) is 12.6 Å². The summed E-state index contributed by atoms with van der Waals surface area (Å²) in [4.78, 5) is 53.9. The Morgan fingerprint density at radius 1 is 1.15 bits per heavy atom. The van der Waals surface area contributed by atoms with Gasteiger partial charge < -0.3 is 15.0 Å². The van der Waals surface area contributed by atoms with Gasteiger partial charge in [0.2, 0.25) is 0 Å². The lowest BCUT2D eigenvalue weighted by atomic mass is 9.65. The van der Waals surface area contributed by atoms with Gasteiger partial charge >= 0.3 is 12.0 Å². The van der Waals surface area contributed by atoms with E-state index in [2.05, 4.69) is 33.0 Å². The Hall–Kier alpha value is -2.12. The van der Waals surface area contributed by atoms with Gasteiger partial charge in [0.1, 0.15) is 12.1 Å². The van der Waals surface area contributed by atoms with Crippen molar-refractivity contribution in [2.45, 2.75) is 110 Å². The van der Waals surface area contributed by atoms with Crippen molar-refractivity contribution in [1.29, 1.82) is 0 Å². The molecule has 2 heterocycles. The Labute approximate surface area is 197 Å². The second kappa shape index (κ2) is 10.0. The molecule has 8 heteroatoms. The third-order valence-electron chi connectivity index (χ3n) is 8.43. The lowest BCUT2D eigenvalue weighted by Gasteiger charge is -2.42. The molecule has 33 heavy (non-hydrogen) atoms. The molecule has 0 radical (unpaired) electrons. The van der Waals surface area contributed by atoms with Crippen LogP contribution in [0.1, 0.15) is 92.4 Å². The number of carbonyl (C=O) groups excluding carboxylic acids is 4. The summed E-state index contributed by atoms with van der Waals surface area (Å²) in [6.07, 6.45) is 6.90. The lowest BCUT2D eigenvalue weighted by Crippen LogP contribution is -2.51. The number of nitrogens with one attached hydrogen (secondary N) is 1. The van der Waals surface area contributed by atoms with E-state index in [-0.39, 0.29) is 23.3 Å². The molecule has 4 amide bonds. The fourth-order valence-corrected chi connectivity index (χ4v) is 5.70. The highest BCUT2D eigenvalue weighted by Gasteiger charge is 2.54. The first kappa shape index (κ1) is 25.5. The van der Waals surface area contributed by atoms with Crippen molar-refractivity contribution in [3.63, 3.8) is 0 Å². The first-order valence-electron chi connectivity index (χ1n) is 12.7. The largest absolute Gasteiger partial charge is 0.451 e. The normalized spacial score (nSPS) is 29.2. The van der Waals surface area contributed by atoms with Crippen molar-refractivity contribution in [2.24, 2.45) is 11.3 Å². The van der Waals surface area contributed by atoms with Gasteiger partial charge in [0.25, 0.3) is 11.8 Å². The Morgan fingerprint density at radius 2 is 1.82 bits per heavy atom. The number of carbonyl (C=O) groups is 4. The molecule has 1 saturated carbocycles. The standard InChI is InChI=1S/C25H41N3O5/c1-6-19-10-8-9-15-27(19)21(30)17(3)33-20(29)16-28-22(31)25(26-23(28)32)13-11-18(12-14-25)24(4,5)7-2/h17-19H,6-16H2,1-5H3,(H,26,32). The highest BCUT2D eigenvalue weighted by molar-refractivity contribution is 6.08. The molecule has 0 aromatic carbocycles. The molecule has 186 valence electrons. The van der Waals surface area contributed by atoms with E-state index in [4.69, 9.17) is 4.74 Å². The van der Waals surface area contributed by atoms with E-state index in [1.165, 1.54) is 0 Å². The van der Waals surface area contributed by atoms with E-state index < -0.39 is 30.2 Å². The van der Waals surface area contributed by atoms with Crippen LogP contribution in [0.3, 0.4) is 0 Å². The molecule has 0 bridgehead atoms. The smallest absolute Gasteiger partial charge is 0.327 e. The van der Waals surface area contributed by atoms with E-state index >= 15 is 0 Å². The number of amides is 4. The molecule has 1 aliphatic carbocycles. The highest BCUT2D eigenvalue weighted by atomic mass is 16.5. The fraction of sp³-hybridized carbons (Fsp3) is 0.840. The maximum atomic E-state index is 13.2. The number of rotatable bonds is 7. The molecule has 0 aromatic rings. The molecule has 1 spiro atoms. The van der Waals surface area contributed by atoms with Crippen LogP contribution in [0.5, 0.6) is 0 Å². The van der Waals surface area contributed by atoms with Crippen molar-refractivity contribution in [3.8, 4) is 0 Å². The van der Waals surface area contributed by atoms with Crippen LogP contribution in [0.15, 0.2) is 0 Å². The number of likely N-dealkylation sites (tertiary alicyclic amines) is 1.